The zero-order valence-corrected chi connectivity index (χ0v) is 12.5. The summed E-state index contributed by atoms with van der Waals surface area (Å²) in [6.07, 6.45) is 6.09. The molecule has 4 nitrogen and oxygen atoms in total. The molecule has 1 aromatic carbocycles. The summed E-state index contributed by atoms with van der Waals surface area (Å²) < 4.78 is 5.34. The van der Waals surface area contributed by atoms with Gasteiger partial charge in [0.15, 0.2) is 0 Å². The largest absolute Gasteiger partial charge is 0.497 e. The minimum atomic E-state index is 0.128. The molecular weight excluding hydrogens is 250 g/mol. The van der Waals surface area contributed by atoms with Gasteiger partial charge in [-0.25, -0.2) is 0 Å². The molecule has 2 rings (SSSR count). The van der Waals surface area contributed by atoms with Crippen molar-refractivity contribution in [2.45, 2.75) is 45.1 Å². The number of piperidine rings is 1. The van der Waals surface area contributed by atoms with Crippen LogP contribution >= 0.6 is 0 Å². The van der Waals surface area contributed by atoms with Crippen molar-refractivity contribution < 1.29 is 4.74 Å². The van der Waals surface area contributed by atoms with E-state index < -0.39 is 0 Å². The molecule has 0 bridgehead atoms. The molecule has 1 aliphatic heterocycles. The Bertz CT molecular complexity index is 471. The Labute approximate surface area is 121 Å². The Morgan fingerprint density at radius 2 is 2.25 bits per heavy atom. The molecule has 0 aromatic heterocycles. The molecule has 4 heteroatoms. The predicted octanol–water partition coefficient (Wildman–Crippen LogP) is 3.14. The highest BCUT2D eigenvalue weighted by molar-refractivity contribution is 6.00. The number of nitrogens with zero attached hydrogens (tertiary/aromatic N) is 1. The Kier molecular flexibility index (Phi) is 4.88. The Hall–Kier alpha value is -1.71. The van der Waals surface area contributed by atoms with Gasteiger partial charge in [-0.1, -0.05) is 13.3 Å². The topological polar surface area (TPSA) is 62.3 Å². The second-order valence-electron chi connectivity index (χ2n) is 5.43. The lowest BCUT2D eigenvalue weighted by Crippen LogP contribution is -2.40. The van der Waals surface area contributed by atoms with Gasteiger partial charge in [-0.3, -0.25) is 5.41 Å². The SMILES string of the molecule is CCCC1CCCCN1c1cc(OC)ccc1C(=N)N. The van der Waals surface area contributed by atoms with Crippen LogP contribution in [0.4, 0.5) is 5.69 Å². The summed E-state index contributed by atoms with van der Waals surface area (Å²) in [6, 6.07) is 6.34. The molecule has 110 valence electrons. The lowest BCUT2D eigenvalue weighted by atomic mass is 9.96. The van der Waals surface area contributed by atoms with Crippen molar-refractivity contribution in [3.63, 3.8) is 0 Å². The molecule has 1 aromatic rings. The smallest absolute Gasteiger partial charge is 0.124 e. The average molecular weight is 275 g/mol. The van der Waals surface area contributed by atoms with Crippen LogP contribution in [-0.4, -0.2) is 25.5 Å². The third-order valence-electron chi connectivity index (χ3n) is 4.05. The average Bonchev–Trinajstić information content (AvgIpc) is 2.47. The summed E-state index contributed by atoms with van der Waals surface area (Å²) in [6.45, 7) is 3.27. The second kappa shape index (κ2) is 6.64. The van der Waals surface area contributed by atoms with Gasteiger partial charge in [0.25, 0.3) is 0 Å². The van der Waals surface area contributed by atoms with E-state index in [1.54, 1.807) is 7.11 Å². The van der Waals surface area contributed by atoms with E-state index in [4.69, 9.17) is 15.9 Å². The monoisotopic (exact) mass is 275 g/mol. The third kappa shape index (κ3) is 3.06. The third-order valence-corrected chi connectivity index (χ3v) is 4.05. The normalized spacial score (nSPS) is 18.9. The number of hydrogen-bond donors (Lipinski definition) is 2. The van der Waals surface area contributed by atoms with Gasteiger partial charge in [0.05, 0.1) is 12.8 Å². The fourth-order valence-electron chi connectivity index (χ4n) is 3.05. The van der Waals surface area contributed by atoms with Gasteiger partial charge in [-0.2, -0.15) is 0 Å². The Balaban J connectivity index is 2.39. The number of hydrogen-bond acceptors (Lipinski definition) is 3. The Morgan fingerprint density at radius 3 is 2.90 bits per heavy atom. The molecule has 0 spiro atoms. The summed E-state index contributed by atoms with van der Waals surface area (Å²) in [7, 11) is 1.67. The van der Waals surface area contributed by atoms with Crippen molar-refractivity contribution in [2.75, 3.05) is 18.6 Å². The van der Waals surface area contributed by atoms with E-state index in [0.717, 1.165) is 23.5 Å². The lowest BCUT2D eigenvalue weighted by Gasteiger charge is -2.38. The van der Waals surface area contributed by atoms with Crippen molar-refractivity contribution in [3.8, 4) is 5.75 Å². The van der Waals surface area contributed by atoms with Crippen LogP contribution in [0.15, 0.2) is 18.2 Å². The van der Waals surface area contributed by atoms with Crippen LogP contribution in [0.1, 0.15) is 44.6 Å². The zero-order valence-electron chi connectivity index (χ0n) is 12.5. The number of benzene rings is 1. The van der Waals surface area contributed by atoms with Crippen molar-refractivity contribution in [2.24, 2.45) is 5.73 Å². The number of nitrogens with two attached hydrogens (primary N) is 1. The molecule has 20 heavy (non-hydrogen) atoms. The van der Waals surface area contributed by atoms with Gasteiger partial charge in [-0.15, -0.1) is 0 Å². The van der Waals surface area contributed by atoms with Crippen molar-refractivity contribution >= 4 is 11.5 Å². The first kappa shape index (κ1) is 14.7. The summed E-state index contributed by atoms with van der Waals surface area (Å²) in [5.74, 6) is 0.953. The van der Waals surface area contributed by atoms with E-state index in [2.05, 4.69) is 11.8 Å². The van der Waals surface area contributed by atoms with Gasteiger partial charge in [-0.05, 0) is 37.8 Å². The van der Waals surface area contributed by atoms with Gasteiger partial charge in [0, 0.05) is 24.2 Å². The number of ether oxygens (including phenoxy) is 1. The standard InChI is InChI=1S/C16H25N3O/c1-3-6-12-7-4-5-10-19(12)15-11-13(20-2)8-9-14(15)16(17)18/h8-9,11-12H,3-7,10H2,1-2H3,(H3,17,18). The van der Waals surface area contributed by atoms with Crippen LogP contribution in [0.2, 0.25) is 0 Å². The van der Waals surface area contributed by atoms with Crippen molar-refractivity contribution in [1.29, 1.82) is 5.41 Å². The van der Waals surface area contributed by atoms with Gasteiger partial charge in [0.1, 0.15) is 11.6 Å². The fraction of sp³-hybridized carbons (Fsp3) is 0.562. The second-order valence-corrected chi connectivity index (χ2v) is 5.43. The molecule has 1 aliphatic rings. The van der Waals surface area contributed by atoms with Crippen molar-refractivity contribution in [1.82, 2.24) is 0 Å². The van der Waals surface area contributed by atoms with E-state index in [0.29, 0.717) is 6.04 Å². The molecule has 1 fully saturated rings. The summed E-state index contributed by atoms with van der Waals surface area (Å²) in [5.41, 5.74) is 7.61. The number of nitrogens with one attached hydrogen (secondary N) is 1. The summed E-state index contributed by atoms with van der Waals surface area (Å²) in [4.78, 5) is 2.42. The molecule has 0 aliphatic carbocycles. The van der Waals surface area contributed by atoms with Crippen LogP contribution in [0.3, 0.4) is 0 Å². The number of methoxy groups -OCH3 is 1. The first-order valence-electron chi connectivity index (χ1n) is 7.46. The molecular formula is C16H25N3O. The minimum Gasteiger partial charge on any atom is -0.497 e. The Morgan fingerprint density at radius 1 is 1.45 bits per heavy atom. The highest BCUT2D eigenvalue weighted by atomic mass is 16.5. The predicted molar refractivity (Wildman–Crippen MR) is 83.9 cm³/mol. The molecule has 0 amide bonds. The van der Waals surface area contributed by atoms with Crippen LogP contribution in [-0.2, 0) is 0 Å². The molecule has 1 atom stereocenters. The molecule has 0 saturated carbocycles. The van der Waals surface area contributed by atoms with E-state index in [9.17, 15) is 0 Å². The molecule has 1 unspecified atom stereocenters. The maximum atomic E-state index is 7.80. The fourth-order valence-corrected chi connectivity index (χ4v) is 3.05. The highest BCUT2D eigenvalue weighted by Gasteiger charge is 2.24. The van der Waals surface area contributed by atoms with E-state index >= 15 is 0 Å². The van der Waals surface area contributed by atoms with Gasteiger partial charge >= 0.3 is 0 Å². The molecule has 0 radical (unpaired) electrons. The van der Waals surface area contributed by atoms with E-state index in [1.165, 1.54) is 32.1 Å². The summed E-state index contributed by atoms with van der Waals surface area (Å²) >= 11 is 0. The molecule has 1 saturated heterocycles. The maximum Gasteiger partial charge on any atom is 0.124 e. The molecule has 1 heterocycles. The highest BCUT2D eigenvalue weighted by Crippen LogP contribution is 2.32. The number of amidine groups is 1. The number of anilines is 1. The van der Waals surface area contributed by atoms with Crippen LogP contribution in [0.25, 0.3) is 0 Å². The quantitative estimate of drug-likeness (QED) is 0.641. The zero-order chi connectivity index (χ0) is 14.5. The first-order chi connectivity index (χ1) is 9.67. The lowest BCUT2D eigenvalue weighted by molar-refractivity contribution is 0.412. The summed E-state index contributed by atoms with van der Waals surface area (Å²) in [5, 5.41) is 7.80. The van der Waals surface area contributed by atoms with Gasteiger partial charge in [0.2, 0.25) is 0 Å². The van der Waals surface area contributed by atoms with Crippen LogP contribution in [0.5, 0.6) is 5.75 Å². The van der Waals surface area contributed by atoms with E-state index in [1.807, 2.05) is 18.2 Å². The van der Waals surface area contributed by atoms with E-state index in [-0.39, 0.29) is 5.84 Å². The maximum absolute atomic E-state index is 7.80. The van der Waals surface area contributed by atoms with Gasteiger partial charge < -0.3 is 15.4 Å². The number of rotatable bonds is 5. The van der Waals surface area contributed by atoms with Crippen molar-refractivity contribution in [3.05, 3.63) is 23.8 Å². The minimum absolute atomic E-state index is 0.128. The van der Waals surface area contributed by atoms with Crippen LogP contribution in [0, 0.1) is 5.41 Å². The first-order valence-corrected chi connectivity index (χ1v) is 7.46. The number of nitrogen functional groups attached to an aromatic ring is 1. The molecule has 3 N–H and O–H groups in total. The van der Waals surface area contributed by atoms with Crippen LogP contribution < -0.4 is 15.4 Å².